The van der Waals surface area contributed by atoms with Crippen molar-refractivity contribution in [2.75, 3.05) is 6.61 Å². The summed E-state index contributed by atoms with van der Waals surface area (Å²) in [6.45, 7) is 1.80. The Balaban J connectivity index is 1.81. The Labute approximate surface area is 158 Å². The number of cyclic esters (lactones) is 1. The Morgan fingerprint density at radius 2 is 2.27 bits per heavy atom. The normalized spacial score (nSPS) is 44.3. The lowest BCUT2D eigenvalue weighted by atomic mass is 9.44. The second-order valence-electron chi connectivity index (χ2n) is 8.13. The molecule has 0 bridgehead atoms. The molecule has 1 aromatic heterocycles. The van der Waals surface area contributed by atoms with Crippen molar-refractivity contribution < 1.29 is 24.2 Å². The van der Waals surface area contributed by atoms with E-state index in [-0.39, 0.29) is 30.5 Å². The van der Waals surface area contributed by atoms with E-state index in [1.54, 1.807) is 12.5 Å². The third-order valence-corrected chi connectivity index (χ3v) is 7.56. The largest absolute Gasteiger partial charge is 0.472 e. The monoisotopic (exact) mass is 380 g/mol. The molecule has 1 aromatic rings. The summed E-state index contributed by atoms with van der Waals surface area (Å²) in [6, 6.07) is 1.82. The molecule has 2 N–H and O–H groups in total. The second kappa shape index (κ2) is 6.39. The average Bonchev–Trinajstić information content (AvgIpc) is 3.28. The number of halogens is 1. The molecule has 5 nitrogen and oxygen atoms in total. The summed E-state index contributed by atoms with van der Waals surface area (Å²) in [5.74, 6) is -0.454. The van der Waals surface area contributed by atoms with Crippen molar-refractivity contribution >= 4 is 17.6 Å². The van der Waals surface area contributed by atoms with Crippen LogP contribution in [-0.2, 0) is 9.53 Å². The summed E-state index contributed by atoms with van der Waals surface area (Å²) >= 11 is 6.10. The number of fused-ring (bicyclic) bond motifs is 2. The van der Waals surface area contributed by atoms with E-state index in [4.69, 9.17) is 20.8 Å². The summed E-state index contributed by atoms with van der Waals surface area (Å²) in [5, 5.41) is 21.4. The predicted octanol–water partition coefficient (Wildman–Crippen LogP) is 3.56. The van der Waals surface area contributed by atoms with Crippen molar-refractivity contribution in [2.45, 2.75) is 51.2 Å². The molecule has 2 aliphatic carbocycles. The number of rotatable bonds is 2. The molecule has 3 aliphatic rings. The zero-order valence-corrected chi connectivity index (χ0v) is 15.6. The number of hydrogen-bond donors (Lipinski definition) is 2. The molecular formula is C20H25ClO5. The van der Waals surface area contributed by atoms with Crippen LogP contribution in [0.15, 0.2) is 34.1 Å². The van der Waals surface area contributed by atoms with E-state index in [9.17, 15) is 15.0 Å². The molecule has 4 rings (SSSR count). The SMILES string of the molecule is C[C@@H]1C[C@H](O)[C@@]2(CO)/C(=C/Cl)CCC[C@@H]2[C@@]12C[C@H](c1ccoc1)OC2=O. The number of carbonyl (C=O) groups excluding carboxylic acids is 1. The molecular weight excluding hydrogens is 356 g/mol. The van der Waals surface area contributed by atoms with Gasteiger partial charge in [0.15, 0.2) is 0 Å². The molecule has 142 valence electrons. The van der Waals surface area contributed by atoms with E-state index < -0.39 is 16.9 Å². The van der Waals surface area contributed by atoms with Gasteiger partial charge in [-0.1, -0.05) is 18.5 Å². The number of aliphatic hydroxyl groups excluding tert-OH is 2. The van der Waals surface area contributed by atoms with Gasteiger partial charge >= 0.3 is 5.97 Å². The number of furan rings is 1. The molecule has 2 heterocycles. The topological polar surface area (TPSA) is 79.9 Å². The van der Waals surface area contributed by atoms with Crippen molar-refractivity contribution in [3.8, 4) is 0 Å². The number of aliphatic hydroxyl groups is 2. The van der Waals surface area contributed by atoms with Crippen LogP contribution in [0.25, 0.3) is 0 Å². The maximum Gasteiger partial charge on any atom is 0.313 e. The van der Waals surface area contributed by atoms with E-state index in [1.807, 2.05) is 13.0 Å². The molecule has 26 heavy (non-hydrogen) atoms. The highest BCUT2D eigenvalue weighted by Crippen LogP contribution is 2.66. The van der Waals surface area contributed by atoms with Gasteiger partial charge in [-0.25, -0.2) is 0 Å². The first-order chi connectivity index (χ1) is 12.5. The Hall–Kier alpha value is -1.30. The van der Waals surface area contributed by atoms with Gasteiger partial charge in [-0.2, -0.15) is 0 Å². The lowest BCUT2D eigenvalue weighted by Gasteiger charge is -2.59. The molecule has 1 saturated heterocycles. The number of ether oxygens (including phenoxy) is 1. The lowest BCUT2D eigenvalue weighted by Crippen LogP contribution is -2.62. The fourth-order valence-electron chi connectivity index (χ4n) is 5.95. The van der Waals surface area contributed by atoms with Crippen molar-refractivity contribution in [1.82, 2.24) is 0 Å². The van der Waals surface area contributed by atoms with Crippen LogP contribution < -0.4 is 0 Å². The van der Waals surface area contributed by atoms with Crippen LogP contribution in [0.4, 0.5) is 0 Å². The molecule has 0 unspecified atom stereocenters. The zero-order valence-electron chi connectivity index (χ0n) is 14.9. The molecule has 0 amide bonds. The fraction of sp³-hybridized carbons (Fsp3) is 0.650. The van der Waals surface area contributed by atoms with E-state index in [0.717, 1.165) is 30.4 Å². The minimum Gasteiger partial charge on any atom is -0.472 e. The van der Waals surface area contributed by atoms with E-state index in [2.05, 4.69) is 0 Å². The fourth-order valence-corrected chi connectivity index (χ4v) is 6.26. The molecule has 0 radical (unpaired) electrons. The summed E-state index contributed by atoms with van der Waals surface area (Å²) in [7, 11) is 0. The minimum absolute atomic E-state index is 0.0405. The zero-order chi connectivity index (χ0) is 18.5. The van der Waals surface area contributed by atoms with Gasteiger partial charge in [-0.15, -0.1) is 0 Å². The van der Waals surface area contributed by atoms with E-state index in [0.29, 0.717) is 12.8 Å². The average molecular weight is 381 g/mol. The predicted molar refractivity (Wildman–Crippen MR) is 95.2 cm³/mol. The van der Waals surface area contributed by atoms with Crippen LogP contribution in [0.1, 0.15) is 50.7 Å². The Kier molecular flexibility index (Phi) is 4.45. The van der Waals surface area contributed by atoms with Gasteiger partial charge in [0.1, 0.15) is 6.10 Å². The third kappa shape index (κ3) is 2.20. The summed E-state index contributed by atoms with van der Waals surface area (Å²) in [5.41, 5.74) is 1.62. The molecule has 3 fully saturated rings. The number of esters is 1. The summed E-state index contributed by atoms with van der Waals surface area (Å²) < 4.78 is 11.0. The Bertz CT molecular complexity index is 714. The summed E-state index contributed by atoms with van der Waals surface area (Å²) in [4.78, 5) is 13.2. The smallest absolute Gasteiger partial charge is 0.313 e. The van der Waals surface area contributed by atoms with Gasteiger partial charge in [0.05, 0.1) is 30.7 Å². The van der Waals surface area contributed by atoms with E-state index >= 15 is 0 Å². The van der Waals surface area contributed by atoms with Crippen LogP contribution in [-0.4, -0.2) is 28.9 Å². The second-order valence-corrected chi connectivity index (χ2v) is 8.34. The van der Waals surface area contributed by atoms with Gasteiger partial charge in [0.2, 0.25) is 0 Å². The first kappa shape index (κ1) is 18.1. The van der Waals surface area contributed by atoms with Gasteiger partial charge in [0, 0.05) is 22.9 Å². The quantitative estimate of drug-likeness (QED) is 0.767. The number of carbonyl (C=O) groups is 1. The summed E-state index contributed by atoms with van der Waals surface area (Å²) in [6.07, 6.45) is 5.50. The number of hydrogen-bond acceptors (Lipinski definition) is 5. The van der Waals surface area contributed by atoms with Gasteiger partial charge in [-0.3, -0.25) is 4.79 Å². The van der Waals surface area contributed by atoms with Crippen LogP contribution in [0.3, 0.4) is 0 Å². The highest BCUT2D eigenvalue weighted by molar-refractivity contribution is 6.25. The van der Waals surface area contributed by atoms with Crippen LogP contribution in [0.2, 0.25) is 0 Å². The van der Waals surface area contributed by atoms with Crippen LogP contribution >= 0.6 is 11.6 Å². The molecule has 6 atom stereocenters. The molecule has 1 spiro atoms. The standard InChI is InChI=1S/C20H25ClO5/c1-12-7-17(23)20(11-22)14(9-21)3-2-4-16(20)19(12)8-15(26-18(19)24)13-5-6-25-10-13/h5-6,9-10,12,15-17,22-23H,2-4,7-8,11H2,1H3/b14-9+/t12-,15-,16-,17+,19-,20+/m1/s1. The van der Waals surface area contributed by atoms with Crippen molar-refractivity contribution in [2.24, 2.45) is 22.7 Å². The Morgan fingerprint density at radius 3 is 2.92 bits per heavy atom. The highest BCUT2D eigenvalue weighted by Gasteiger charge is 2.68. The third-order valence-electron chi connectivity index (χ3n) is 7.29. The maximum atomic E-state index is 13.2. The van der Waals surface area contributed by atoms with Crippen molar-refractivity contribution in [3.05, 3.63) is 35.3 Å². The molecule has 6 heteroatoms. The van der Waals surface area contributed by atoms with Crippen molar-refractivity contribution in [3.63, 3.8) is 0 Å². The first-order valence-electron chi connectivity index (χ1n) is 9.32. The van der Waals surface area contributed by atoms with Gasteiger partial charge < -0.3 is 19.4 Å². The molecule has 0 aromatic carbocycles. The van der Waals surface area contributed by atoms with Gasteiger partial charge in [-0.05, 0) is 49.2 Å². The highest BCUT2D eigenvalue weighted by atomic mass is 35.5. The maximum absolute atomic E-state index is 13.2. The molecule has 1 aliphatic heterocycles. The van der Waals surface area contributed by atoms with Gasteiger partial charge in [0.25, 0.3) is 0 Å². The van der Waals surface area contributed by atoms with Crippen LogP contribution in [0, 0.1) is 22.7 Å². The van der Waals surface area contributed by atoms with Crippen molar-refractivity contribution in [1.29, 1.82) is 0 Å². The van der Waals surface area contributed by atoms with Crippen LogP contribution in [0.5, 0.6) is 0 Å². The first-order valence-corrected chi connectivity index (χ1v) is 9.76. The molecule has 2 saturated carbocycles. The minimum atomic E-state index is -0.864. The Morgan fingerprint density at radius 1 is 1.46 bits per heavy atom. The van der Waals surface area contributed by atoms with E-state index in [1.165, 1.54) is 5.54 Å². The lowest BCUT2D eigenvalue weighted by molar-refractivity contribution is -0.180.